The first-order valence-corrected chi connectivity index (χ1v) is 5.57. The third kappa shape index (κ3) is 2.38. The van der Waals surface area contributed by atoms with E-state index in [-0.39, 0.29) is 16.5 Å². The number of aryl methyl sites for hydroxylation is 1. The third-order valence-electron chi connectivity index (χ3n) is 2.79. The van der Waals surface area contributed by atoms with Crippen LogP contribution in [-0.2, 0) is 12.6 Å². The van der Waals surface area contributed by atoms with Crippen LogP contribution in [0.3, 0.4) is 0 Å². The van der Waals surface area contributed by atoms with Gasteiger partial charge in [0.1, 0.15) is 0 Å². The van der Waals surface area contributed by atoms with Crippen LogP contribution in [0, 0.1) is 0 Å². The zero-order valence-corrected chi connectivity index (χ0v) is 9.95. The summed E-state index contributed by atoms with van der Waals surface area (Å²) in [4.78, 5) is 15.1. The number of pyridine rings is 1. The first-order valence-electron chi connectivity index (χ1n) is 5.57. The quantitative estimate of drug-likeness (QED) is 0.907. The first-order chi connectivity index (χ1) is 8.84. The molecule has 100 valence electrons. The van der Waals surface area contributed by atoms with Gasteiger partial charge in [-0.2, -0.15) is 13.2 Å². The van der Waals surface area contributed by atoms with Gasteiger partial charge in [-0.3, -0.25) is 4.98 Å². The van der Waals surface area contributed by atoms with Crippen molar-refractivity contribution in [1.82, 2.24) is 4.98 Å². The van der Waals surface area contributed by atoms with E-state index >= 15 is 0 Å². The number of alkyl halides is 3. The Morgan fingerprint density at radius 2 is 2.05 bits per heavy atom. The molecule has 6 heteroatoms. The summed E-state index contributed by atoms with van der Waals surface area (Å²) in [5.74, 6) is -1.26. The van der Waals surface area contributed by atoms with Gasteiger partial charge < -0.3 is 5.11 Å². The summed E-state index contributed by atoms with van der Waals surface area (Å²) < 4.78 is 38.7. The number of aromatic nitrogens is 1. The molecular weight excluding hydrogens is 259 g/mol. The summed E-state index contributed by atoms with van der Waals surface area (Å²) in [5, 5.41) is 9.09. The van der Waals surface area contributed by atoms with Gasteiger partial charge in [0, 0.05) is 11.1 Å². The molecule has 0 saturated carbocycles. The number of hydrogen-bond acceptors (Lipinski definition) is 2. The number of carbonyl (C=O) groups is 1. The largest absolute Gasteiger partial charge is 0.478 e. The monoisotopic (exact) mass is 269 g/mol. The number of carboxylic acid groups (broad SMARTS) is 1. The van der Waals surface area contributed by atoms with Crippen molar-refractivity contribution >= 4 is 16.9 Å². The van der Waals surface area contributed by atoms with E-state index in [9.17, 15) is 18.0 Å². The molecule has 0 aliphatic carbocycles. The number of hydrogen-bond donors (Lipinski definition) is 1. The van der Waals surface area contributed by atoms with Gasteiger partial charge in [0.15, 0.2) is 0 Å². The minimum absolute atomic E-state index is 0.000440. The highest BCUT2D eigenvalue weighted by Crippen LogP contribution is 2.35. The average molecular weight is 269 g/mol. The molecule has 0 aliphatic heterocycles. The van der Waals surface area contributed by atoms with Crippen molar-refractivity contribution in [3.63, 3.8) is 0 Å². The Labute approximate surface area is 106 Å². The van der Waals surface area contributed by atoms with Crippen molar-refractivity contribution in [2.24, 2.45) is 0 Å². The van der Waals surface area contributed by atoms with Gasteiger partial charge in [0.25, 0.3) is 0 Å². The standard InChI is InChI=1S/C13H10F3NO2/c1-2-7-6-9(12(18)19)8-4-3-5-10(11(8)17-7)13(14,15)16/h3-6H,2H2,1H3,(H,18,19). The van der Waals surface area contributed by atoms with Crippen molar-refractivity contribution in [3.05, 3.63) is 41.1 Å². The maximum atomic E-state index is 12.9. The SMILES string of the molecule is CCc1cc(C(=O)O)c2cccc(C(F)(F)F)c2n1. The maximum Gasteiger partial charge on any atom is 0.418 e. The van der Waals surface area contributed by atoms with Crippen LogP contribution in [0.1, 0.15) is 28.5 Å². The van der Waals surface area contributed by atoms with Crippen LogP contribution in [0.2, 0.25) is 0 Å². The van der Waals surface area contributed by atoms with Gasteiger partial charge in [-0.25, -0.2) is 4.79 Å². The molecule has 1 N–H and O–H groups in total. The van der Waals surface area contributed by atoms with E-state index in [0.717, 1.165) is 6.07 Å². The fourth-order valence-electron chi connectivity index (χ4n) is 1.89. The third-order valence-corrected chi connectivity index (χ3v) is 2.79. The zero-order chi connectivity index (χ0) is 14.2. The van der Waals surface area contributed by atoms with E-state index in [0.29, 0.717) is 12.1 Å². The lowest BCUT2D eigenvalue weighted by Crippen LogP contribution is -2.09. The van der Waals surface area contributed by atoms with E-state index < -0.39 is 17.7 Å². The highest BCUT2D eigenvalue weighted by molar-refractivity contribution is 6.03. The number of fused-ring (bicyclic) bond motifs is 1. The Morgan fingerprint density at radius 1 is 1.37 bits per heavy atom. The molecule has 0 atom stereocenters. The molecule has 0 bridgehead atoms. The molecule has 0 saturated heterocycles. The van der Waals surface area contributed by atoms with Crippen LogP contribution in [0.25, 0.3) is 10.9 Å². The second-order valence-corrected chi connectivity index (χ2v) is 4.02. The van der Waals surface area contributed by atoms with Crippen LogP contribution in [0.4, 0.5) is 13.2 Å². The molecule has 0 amide bonds. The molecule has 19 heavy (non-hydrogen) atoms. The molecule has 1 aromatic heterocycles. The van der Waals surface area contributed by atoms with Crippen molar-refractivity contribution in [2.45, 2.75) is 19.5 Å². The molecule has 0 unspecified atom stereocenters. The summed E-state index contributed by atoms with van der Waals surface area (Å²) in [5.41, 5.74) is -1.07. The maximum absolute atomic E-state index is 12.9. The number of carboxylic acids is 1. The number of para-hydroxylation sites is 1. The lowest BCUT2D eigenvalue weighted by atomic mass is 10.0. The van der Waals surface area contributed by atoms with Gasteiger partial charge in [0.2, 0.25) is 0 Å². The van der Waals surface area contributed by atoms with Crippen LogP contribution < -0.4 is 0 Å². The van der Waals surface area contributed by atoms with Crippen LogP contribution in [0.5, 0.6) is 0 Å². The molecule has 3 nitrogen and oxygen atoms in total. The molecule has 0 radical (unpaired) electrons. The fourth-order valence-corrected chi connectivity index (χ4v) is 1.89. The first kappa shape index (κ1) is 13.3. The summed E-state index contributed by atoms with van der Waals surface area (Å²) in [7, 11) is 0. The Morgan fingerprint density at radius 3 is 2.58 bits per heavy atom. The summed E-state index contributed by atoms with van der Waals surface area (Å²) >= 11 is 0. The summed E-state index contributed by atoms with van der Waals surface area (Å²) in [6.07, 6.45) is -4.20. The minimum Gasteiger partial charge on any atom is -0.478 e. The van der Waals surface area contributed by atoms with Crippen LogP contribution in [0.15, 0.2) is 24.3 Å². The van der Waals surface area contributed by atoms with Gasteiger partial charge in [-0.15, -0.1) is 0 Å². The van der Waals surface area contributed by atoms with E-state index in [1.807, 2.05) is 0 Å². The molecule has 2 aromatic rings. The normalized spacial score (nSPS) is 11.8. The zero-order valence-electron chi connectivity index (χ0n) is 9.95. The predicted octanol–water partition coefficient (Wildman–Crippen LogP) is 3.51. The number of nitrogens with zero attached hydrogens (tertiary/aromatic N) is 1. The predicted molar refractivity (Wildman–Crippen MR) is 63.1 cm³/mol. The van der Waals surface area contributed by atoms with E-state index in [1.165, 1.54) is 18.2 Å². The molecule has 0 spiro atoms. The Kier molecular flexibility index (Phi) is 3.18. The number of benzene rings is 1. The highest BCUT2D eigenvalue weighted by atomic mass is 19.4. The van der Waals surface area contributed by atoms with Crippen molar-refractivity contribution in [2.75, 3.05) is 0 Å². The van der Waals surface area contributed by atoms with Gasteiger partial charge in [-0.05, 0) is 18.6 Å². The second-order valence-electron chi connectivity index (χ2n) is 4.02. The lowest BCUT2D eigenvalue weighted by Gasteiger charge is -2.12. The molecule has 0 fully saturated rings. The average Bonchev–Trinajstić information content (AvgIpc) is 2.35. The Hall–Kier alpha value is -2.11. The van der Waals surface area contributed by atoms with Crippen LogP contribution in [-0.4, -0.2) is 16.1 Å². The van der Waals surface area contributed by atoms with E-state index in [2.05, 4.69) is 4.98 Å². The van der Waals surface area contributed by atoms with E-state index in [4.69, 9.17) is 5.11 Å². The van der Waals surface area contributed by atoms with Crippen molar-refractivity contribution < 1.29 is 23.1 Å². The number of rotatable bonds is 2. The molecular formula is C13H10F3NO2. The lowest BCUT2D eigenvalue weighted by molar-refractivity contribution is -0.136. The highest BCUT2D eigenvalue weighted by Gasteiger charge is 2.33. The van der Waals surface area contributed by atoms with Gasteiger partial charge in [0.05, 0.1) is 16.6 Å². The smallest absolute Gasteiger partial charge is 0.418 e. The number of halogens is 3. The fraction of sp³-hybridized carbons (Fsp3) is 0.231. The van der Waals surface area contributed by atoms with Crippen molar-refractivity contribution in [3.8, 4) is 0 Å². The second kappa shape index (κ2) is 4.53. The number of aromatic carboxylic acids is 1. The molecule has 1 aromatic carbocycles. The molecule has 1 heterocycles. The topological polar surface area (TPSA) is 50.2 Å². The van der Waals surface area contributed by atoms with Crippen LogP contribution >= 0.6 is 0 Å². The van der Waals surface area contributed by atoms with Gasteiger partial charge in [-0.1, -0.05) is 19.1 Å². The molecule has 2 rings (SSSR count). The van der Waals surface area contributed by atoms with Crippen molar-refractivity contribution in [1.29, 1.82) is 0 Å². The summed E-state index contributed by atoms with van der Waals surface area (Å²) in [6.45, 7) is 1.70. The Balaban J connectivity index is 2.89. The molecule has 0 aliphatic rings. The van der Waals surface area contributed by atoms with Gasteiger partial charge >= 0.3 is 12.1 Å². The minimum atomic E-state index is -4.56. The Bertz CT molecular complexity index is 650. The summed E-state index contributed by atoms with van der Waals surface area (Å²) in [6, 6.07) is 4.73. The van der Waals surface area contributed by atoms with E-state index in [1.54, 1.807) is 6.92 Å².